The number of rotatable bonds is 1. The first-order chi connectivity index (χ1) is 9.58. The van der Waals surface area contributed by atoms with Gasteiger partial charge in [0.1, 0.15) is 0 Å². The fraction of sp³-hybridized carbons (Fsp3) is 0.375. The van der Waals surface area contributed by atoms with Gasteiger partial charge < -0.3 is 4.90 Å². The Balaban J connectivity index is 2.08. The maximum atomic E-state index is 11.7. The van der Waals surface area contributed by atoms with E-state index in [0.717, 1.165) is 36.5 Å². The van der Waals surface area contributed by atoms with Crippen LogP contribution in [0.15, 0.2) is 18.2 Å². The molecule has 4 heteroatoms. The number of hydrogen-bond acceptors (Lipinski definition) is 2. The van der Waals surface area contributed by atoms with Crippen LogP contribution < -0.4 is 4.90 Å². The highest BCUT2D eigenvalue weighted by atomic mass is 16.2. The topological polar surface area (TPSA) is 49.0 Å². The van der Waals surface area contributed by atoms with Crippen molar-refractivity contribution in [3.63, 3.8) is 0 Å². The summed E-state index contributed by atoms with van der Waals surface area (Å²) in [6.07, 6.45) is 2.06. The van der Waals surface area contributed by atoms with Crippen molar-refractivity contribution in [2.45, 2.75) is 33.6 Å². The third kappa shape index (κ3) is 2.01. The number of fused-ring (bicyclic) bond motifs is 1. The Bertz CT molecular complexity index is 653. The Labute approximate surface area is 118 Å². The molecule has 1 aromatic heterocycles. The predicted molar refractivity (Wildman–Crippen MR) is 79.8 cm³/mol. The summed E-state index contributed by atoms with van der Waals surface area (Å²) in [6, 6.07) is 6.36. The van der Waals surface area contributed by atoms with E-state index >= 15 is 0 Å². The summed E-state index contributed by atoms with van der Waals surface area (Å²) in [5.41, 5.74) is 6.77. The average Bonchev–Trinajstić information content (AvgIpc) is 2.76. The summed E-state index contributed by atoms with van der Waals surface area (Å²) in [4.78, 5) is 13.6. The molecule has 3 rings (SSSR count). The molecule has 1 aliphatic heterocycles. The highest BCUT2D eigenvalue weighted by Crippen LogP contribution is 2.33. The number of carbonyl (C=O) groups excluding carboxylic acids is 1. The first-order valence-corrected chi connectivity index (χ1v) is 7.01. The molecule has 1 N–H and O–H groups in total. The van der Waals surface area contributed by atoms with E-state index in [9.17, 15) is 4.79 Å². The average molecular weight is 269 g/mol. The molecule has 4 nitrogen and oxygen atoms in total. The summed E-state index contributed by atoms with van der Waals surface area (Å²) in [7, 11) is 0. The number of nitrogens with one attached hydrogen (secondary N) is 1. The van der Waals surface area contributed by atoms with Gasteiger partial charge in [-0.3, -0.25) is 9.89 Å². The van der Waals surface area contributed by atoms with Crippen molar-refractivity contribution in [3.05, 3.63) is 35.2 Å². The van der Waals surface area contributed by atoms with Crippen LogP contribution in [0.25, 0.3) is 11.1 Å². The Morgan fingerprint density at radius 2 is 2.15 bits per heavy atom. The van der Waals surface area contributed by atoms with Crippen molar-refractivity contribution < 1.29 is 4.79 Å². The lowest BCUT2D eigenvalue weighted by atomic mass is 9.95. The minimum Gasteiger partial charge on any atom is -0.312 e. The van der Waals surface area contributed by atoms with E-state index in [2.05, 4.69) is 28.4 Å². The highest BCUT2D eigenvalue weighted by Gasteiger charge is 2.21. The molecule has 1 aromatic carbocycles. The lowest BCUT2D eigenvalue weighted by Crippen LogP contribution is -2.33. The minimum atomic E-state index is 0.120. The Kier molecular flexibility index (Phi) is 3.08. The number of aryl methyl sites for hydroxylation is 3. The van der Waals surface area contributed by atoms with Crippen molar-refractivity contribution >= 4 is 11.6 Å². The van der Waals surface area contributed by atoms with Crippen LogP contribution in [-0.2, 0) is 11.2 Å². The smallest absolute Gasteiger partial charge is 0.223 e. The van der Waals surface area contributed by atoms with Gasteiger partial charge in [-0.2, -0.15) is 5.10 Å². The van der Waals surface area contributed by atoms with E-state index in [4.69, 9.17) is 0 Å². The minimum absolute atomic E-state index is 0.120. The molecule has 0 radical (unpaired) electrons. The van der Waals surface area contributed by atoms with E-state index < -0.39 is 0 Å². The number of nitrogens with zero attached hydrogens (tertiary/aromatic N) is 2. The number of carbonyl (C=O) groups is 1. The maximum Gasteiger partial charge on any atom is 0.223 e. The van der Waals surface area contributed by atoms with Crippen LogP contribution in [0.2, 0.25) is 0 Å². The summed E-state index contributed by atoms with van der Waals surface area (Å²) in [6.45, 7) is 6.51. The lowest BCUT2D eigenvalue weighted by Gasteiger charge is -2.29. The quantitative estimate of drug-likeness (QED) is 0.865. The molecule has 0 spiro atoms. The predicted octanol–water partition coefficient (Wildman–Crippen LogP) is 2.99. The summed E-state index contributed by atoms with van der Waals surface area (Å²) < 4.78 is 0. The maximum absolute atomic E-state index is 11.7. The summed E-state index contributed by atoms with van der Waals surface area (Å²) in [5, 5.41) is 7.29. The van der Waals surface area contributed by atoms with Crippen molar-refractivity contribution in [2.75, 3.05) is 11.4 Å². The van der Waals surface area contributed by atoms with Gasteiger partial charge in [0.05, 0.1) is 5.69 Å². The largest absolute Gasteiger partial charge is 0.312 e. The van der Waals surface area contributed by atoms with Crippen LogP contribution in [0, 0.1) is 13.8 Å². The van der Waals surface area contributed by atoms with E-state index in [1.165, 1.54) is 16.7 Å². The molecule has 104 valence electrons. The highest BCUT2D eigenvalue weighted by molar-refractivity contribution is 5.93. The standard InChI is InChI=1S/C16H19N3O/c1-10-16(11(2)18-17-10)14-6-7-15-13(9-14)5-4-8-19(15)12(3)20/h6-7,9H,4-5,8H2,1-3H3,(H,17,18). The molecule has 2 aromatic rings. The van der Waals surface area contributed by atoms with Crippen LogP contribution in [0.4, 0.5) is 5.69 Å². The second-order valence-electron chi connectivity index (χ2n) is 5.43. The normalized spacial score (nSPS) is 14.2. The van der Waals surface area contributed by atoms with Crippen molar-refractivity contribution in [1.29, 1.82) is 0 Å². The van der Waals surface area contributed by atoms with Crippen LogP contribution in [0.1, 0.15) is 30.3 Å². The van der Waals surface area contributed by atoms with Gasteiger partial charge in [0.2, 0.25) is 5.91 Å². The number of benzene rings is 1. The van der Waals surface area contributed by atoms with Crippen molar-refractivity contribution in [3.8, 4) is 11.1 Å². The lowest BCUT2D eigenvalue weighted by molar-refractivity contribution is -0.116. The van der Waals surface area contributed by atoms with Gasteiger partial charge in [0.25, 0.3) is 0 Å². The second-order valence-corrected chi connectivity index (χ2v) is 5.43. The first kappa shape index (κ1) is 12.9. The zero-order chi connectivity index (χ0) is 14.3. The summed E-state index contributed by atoms with van der Waals surface area (Å²) >= 11 is 0. The third-order valence-corrected chi connectivity index (χ3v) is 4.00. The molecular formula is C16H19N3O. The Morgan fingerprint density at radius 3 is 2.80 bits per heavy atom. The second kappa shape index (κ2) is 4.78. The van der Waals surface area contributed by atoms with Gasteiger partial charge in [-0.15, -0.1) is 0 Å². The van der Waals surface area contributed by atoms with Gasteiger partial charge in [-0.25, -0.2) is 0 Å². The zero-order valence-corrected chi connectivity index (χ0v) is 12.2. The molecule has 0 saturated carbocycles. The Hall–Kier alpha value is -2.10. The molecule has 0 saturated heterocycles. The molecule has 0 atom stereocenters. The molecule has 0 fully saturated rings. The van der Waals surface area contributed by atoms with Crippen molar-refractivity contribution in [1.82, 2.24) is 10.2 Å². The molecule has 0 aliphatic carbocycles. The molecule has 0 bridgehead atoms. The van der Waals surface area contributed by atoms with Crippen LogP contribution in [-0.4, -0.2) is 22.6 Å². The number of H-pyrrole nitrogens is 1. The Morgan fingerprint density at radius 1 is 1.35 bits per heavy atom. The van der Waals surface area contributed by atoms with Gasteiger partial charge in [0, 0.05) is 30.4 Å². The van der Waals surface area contributed by atoms with E-state index in [-0.39, 0.29) is 5.91 Å². The van der Waals surface area contributed by atoms with Gasteiger partial charge in [0.15, 0.2) is 0 Å². The molecule has 2 heterocycles. The van der Waals surface area contributed by atoms with Gasteiger partial charge in [-0.1, -0.05) is 6.07 Å². The monoisotopic (exact) mass is 269 g/mol. The first-order valence-electron chi connectivity index (χ1n) is 7.01. The number of aromatic amines is 1. The van der Waals surface area contributed by atoms with E-state index in [1.54, 1.807) is 6.92 Å². The fourth-order valence-electron chi connectivity index (χ4n) is 3.06. The van der Waals surface area contributed by atoms with E-state index in [1.807, 2.05) is 18.7 Å². The number of anilines is 1. The van der Waals surface area contributed by atoms with E-state index in [0.29, 0.717) is 0 Å². The zero-order valence-electron chi connectivity index (χ0n) is 12.2. The molecule has 1 amide bonds. The molecular weight excluding hydrogens is 250 g/mol. The number of hydrogen-bond donors (Lipinski definition) is 1. The number of amides is 1. The van der Waals surface area contributed by atoms with Crippen LogP contribution >= 0.6 is 0 Å². The molecule has 20 heavy (non-hydrogen) atoms. The van der Waals surface area contributed by atoms with Gasteiger partial charge >= 0.3 is 0 Å². The molecule has 1 aliphatic rings. The van der Waals surface area contributed by atoms with Crippen LogP contribution in [0.5, 0.6) is 0 Å². The van der Waals surface area contributed by atoms with Crippen molar-refractivity contribution in [2.24, 2.45) is 0 Å². The third-order valence-electron chi connectivity index (χ3n) is 4.00. The molecule has 0 unspecified atom stereocenters. The SMILES string of the molecule is CC(=O)N1CCCc2cc(-c3c(C)n[nH]c3C)ccc21. The van der Waals surface area contributed by atoms with Crippen LogP contribution in [0.3, 0.4) is 0 Å². The number of aromatic nitrogens is 2. The summed E-state index contributed by atoms with van der Waals surface area (Å²) in [5.74, 6) is 0.120. The fourth-order valence-corrected chi connectivity index (χ4v) is 3.06. The van der Waals surface area contributed by atoms with Gasteiger partial charge in [-0.05, 0) is 49.9 Å².